The Morgan fingerprint density at radius 2 is 2.05 bits per heavy atom. The lowest BCUT2D eigenvalue weighted by atomic mass is 10.2. The molecule has 2 aromatic heterocycles. The summed E-state index contributed by atoms with van der Waals surface area (Å²) in [7, 11) is 3.31. The van der Waals surface area contributed by atoms with Crippen LogP contribution in [0.3, 0.4) is 0 Å². The lowest BCUT2D eigenvalue weighted by molar-refractivity contribution is -0.385. The molecule has 0 aliphatic rings. The van der Waals surface area contributed by atoms with E-state index in [2.05, 4.69) is 15.5 Å². The molecule has 9 heteroatoms. The van der Waals surface area contributed by atoms with E-state index >= 15 is 0 Å². The first-order valence-electron chi connectivity index (χ1n) is 6.26. The number of amides is 1. The van der Waals surface area contributed by atoms with Gasteiger partial charge in [0.1, 0.15) is 5.69 Å². The van der Waals surface area contributed by atoms with Gasteiger partial charge in [0.05, 0.1) is 11.1 Å². The fraction of sp³-hybridized carbons (Fsp3) is 0.417. The summed E-state index contributed by atoms with van der Waals surface area (Å²) < 4.78 is 2.91. The van der Waals surface area contributed by atoms with Crippen LogP contribution < -0.4 is 5.32 Å². The molecule has 2 rings (SSSR count). The third kappa shape index (κ3) is 2.62. The van der Waals surface area contributed by atoms with Crippen LogP contribution in [0.25, 0.3) is 0 Å². The molecule has 0 aromatic carbocycles. The van der Waals surface area contributed by atoms with Crippen molar-refractivity contribution in [2.45, 2.75) is 20.4 Å². The predicted octanol–water partition coefficient (Wildman–Crippen LogP) is 0.609. The Morgan fingerprint density at radius 3 is 2.57 bits per heavy atom. The number of nitrogens with zero attached hydrogens (tertiary/aromatic N) is 5. The van der Waals surface area contributed by atoms with E-state index in [1.54, 1.807) is 17.9 Å². The highest BCUT2D eigenvalue weighted by atomic mass is 16.6. The van der Waals surface area contributed by atoms with Crippen LogP contribution in [-0.2, 0) is 20.6 Å². The van der Waals surface area contributed by atoms with Crippen molar-refractivity contribution in [1.82, 2.24) is 24.9 Å². The van der Waals surface area contributed by atoms with Crippen molar-refractivity contribution in [2.75, 3.05) is 0 Å². The Labute approximate surface area is 120 Å². The molecule has 0 bridgehead atoms. The third-order valence-electron chi connectivity index (χ3n) is 3.36. The van der Waals surface area contributed by atoms with Gasteiger partial charge in [-0.05, 0) is 13.8 Å². The molecular formula is C12H16N6O3. The standard InChI is InChI=1S/C12H16N6O3/c1-7-10(18(20)21)11(17(4)15-7)12(19)13-5-9-6-14-16(3)8(9)2/h6H,5H2,1-4H3,(H,13,19). The van der Waals surface area contributed by atoms with Gasteiger partial charge in [-0.25, -0.2) is 0 Å². The molecule has 0 unspecified atom stereocenters. The molecule has 0 spiro atoms. The largest absolute Gasteiger partial charge is 0.346 e. The van der Waals surface area contributed by atoms with Gasteiger partial charge < -0.3 is 5.32 Å². The van der Waals surface area contributed by atoms with Gasteiger partial charge in [-0.2, -0.15) is 10.2 Å². The van der Waals surface area contributed by atoms with Crippen LogP contribution in [0, 0.1) is 24.0 Å². The van der Waals surface area contributed by atoms with Crippen molar-refractivity contribution < 1.29 is 9.72 Å². The zero-order valence-electron chi connectivity index (χ0n) is 12.2. The molecule has 9 nitrogen and oxygen atoms in total. The number of nitrogens with one attached hydrogen (secondary N) is 1. The monoisotopic (exact) mass is 292 g/mol. The average Bonchev–Trinajstić information content (AvgIpc) is 2.88. The van der Waals surface area contributed by atoms with E-state index in [0.717, 1.165) is 11.3 Å². The van der Waals surface area contributed by atoms with Crippen molar-refractivity contribution in [3.05, 3.63) is 39.0 Å². The molecule has 0 fully saturated rings. The van der Waals surface area contributed by atoms with Gasteiger partial charge in [0, 0.05) is 31.9 Å². The minimum atomic E-state index is -0.591. The molecule has 0 aliphatic carbocycles. The number of rotatable bonds is 4. The Bertz CT molecular complexity index is 715. The van der Waals surface area contributed by atoms with Crippen molar-refractivity contribution >= 4 is 11.6 Å². The number of hydrogen-bond acceptors (Lipinski definition) is 5. The summed E-state index contributed by atoms with van der Waals surface area (Å²) >= 11 is 0. The van der Waals surface area contributed by atoms with Crippen LogP contribution in [0.5, 0.6) is 0 Å². The van der Waals surface area contributed by atoms with Gasteiger partial charge in [0.15, 0.2) is 0 Å². The minimum Gasteiger partial charge on any atom is -0.346 e. The Kier molecular flexibility index (Phi) is 3.74. The van der Waals surface area contributed by atoms with Crippen LogP contribution in [0.4, 0.5) is 5.69 Å². The van der Waals surface area contributed by atoms with Gasteiger partial charge in [0.2, 0.25) is 5.69 Å². The van der Waals surface area contributed by atoms with E-state index in [4.69, 9.17) is 0 Å². The maximum atomic E-state index is 12.2. The third-order valence-corrected chi connectivity index (χ3v) is 3.36. The van der Waals surface area contributed by atoms with Crippen LogP contribution in [0.1, 0.15) is 27.4 Å². The van der Waals surface area contributed by atoms with Gasteiger partial charge in [0.25, 0.3) is 5.91 Å². The molecule has 112 valence electrons. The van der Waals surface area contributed by atoms with Gasteiger partial charge in [-0.3, -0.25) is 24.3 Å². The van der Waals surface area contributed by atoms with E-state index in [1.165, 1.54) is 18.7 Å². The molecule has 0 radical (unpaired) electrons. The summed E-state index contributed by atoms with van der Waals surface area (Å²) in [5, 5.41) is 21.7. The van der Waals surface area contributed by atoms with Gasteiger partial charge in [-0.1, -0.05) is 0 Å². The molecule has 0 aliphatic heterocycles. The van der Waals surface area contributed by atoms with Gasteiger partial charge >= 0.3 is 5.69 Å². The van der Waals surface area contributed by atoms with Crippen molar-refractivity contribution in [2.24, 2.45) is 14.1 Å². The van der Waals surface area contributed by atoms with E-state index in [9.17, 15) is 14.9 Å². The second-order valence-electron chi connectivity index (χ2n) is 4.72. The molecular weight excluding hydrogens is 276 g/mol. The first-order chi connectivity index (χ1) is 9.82. The number of nitro groups is 1. The second-order valence-corrected chi connectivity index (χ2v) is 4.72. The maximum Gasteiger partial charge on any atom is 0.322 e. The first-order valence-corrected chi connectivity index (χ1v) is 6.26. The Morgan fingerprint density at radius 1 is 1.38 bits per heavy atom. The van der Waals surface area contributed by atoms with E-state index in [-0.39, 0.29) is 23.6 Å². The summed E-state index contributed by atoms with van der Waals surface area (Å²) in [6, 6.07) is 0. The Hall–Kier alpha value is -2.71. The van der Waals surface area contributed by atoms with Crippen molar-refractivity contribution in [3.8, 4) is 0 Å². The van der Waals surface area contributed by atoms with Crippen molar-refractivity contribution in [3.63, 3.8) is 0 Å². The topological polar surface area (TPSA) is 108 Å². The van der Waals surface area contributed by atoms with Crippen LogP contribution in [0.15, 0.2) is 6.20 Å². The zero-order chi connectivity index (χ0) is 15.7. The fourth-order valence-corrected chi connectivity index (χ4v) is 2.10. The van der Waals surface area contributed by atoms with Crippen molar-refractivity contribution in [1.29, 1.82) is 0 Å². The van der Waals surface area contributed by atoms with E-state index in [1.807, 2.05) is 6.92 Å². The second kappa shape index (κ2) is 5.35. The summed E-state index contributed by atoms with van der Waals surface area (Å²) in [4.78, 5) is 22.7. The molecule has 2 aromatic rings. The van der Waals surface area contributed by atoms with Crippen LogP contribution in [-0.4, -0.2) is 30.4 Å². The number of aromatic nitrogens is 4. The normalized spacial score (nSPS) is 10.7. The molecule has 1 N–H and O–H groups in total. The molecule has 1 amide bonds. The predicted molar refractivity (Wildman–Crippen MR) is 73.7 cm³/mol. The summed E-state index contributed by atoms with van der Waals surface area (Å²) in [5.74, 6) is -0.534. The molecule has 21 heavy (non-hydrogen) atoms. The number of carbonyl (C=O) groups is 1. The highest BCUT2D eigenvalue weighted by Gasteiger charge is 2.29. The van der Waals surface area contributed by atoms with E-state index < -0.39 is 10.8 Å². The van der Waals surface area contributed by atoms with Crippen LogP contribution >= 0.6 is 0 Å². The summed E-state index contributed by atoms with van der Waals surface area (Å²) in [6.45, 7) is 3.63. The Balaban J connectivity index is 2.22. The lowest BCUT2D eigenvalue weighted by Crippen LogP contribution is -2.26. The molecule has 0 saturated carbocycles. The minimum absolute atomic E-state index is 0.0564. The molecule has 2 heterocycles. The highest BCUT2D eigenvalue weighted by molar-refractivity contribution is 5.96. The number of carbonyl (C=O) groups excluding carboxylic acids is 1. The maximum absolute atomic E-state index is 12.2. The highest BCUT2D eigenvalue weighted by Crippen LogP contribution is 2.22. The quantitative estimate of drug-likeness (QED) is 0.656. The first kappa shape index (κ1) is 14.7. The molecule has 0 saturated heterocycles. The summed E-state index contributed by atoms with van der Waals surface area (Å²) in [5.41, 5.74) is 1.67. The smallest absolute Gasteiger partial charge is 0.322 e. The lowest BCUT2D eigenvalue weighted by Gasteiger charge is -2.05. The summed E-state index contributed by atoms with van der Waals surface area (Å²) in [6.07, 6.45) is 1.65. The van der Waals surface area contributed by atoms with Gasteiger partial charge in [-0.15, -0.1) is 0 Å². The fourth-order valence-electron chi connectivity index (χ4n) is 2.10. The SMILES string of the molecule is Cc1nn(C)c(C(=O)NCc2cnn(C)c2C)c1[N+](=O)[O-]. The average molecular weight is 292 g/mol. The number of aryl methyl sites for hydroxylation is 3. The number of hydrogen-bond donors (Lipinski definition) is 1. The van der Waals surface area contributed by atoms with Crippen LogP contribution in [0.2, 0.25) is 0 Å². The van der Waals surface area contributed by atoms with E-state index in [0.29, 0.717) is 0 Å². The zero-order valence-corrected chi connectivity index (χ0v) is 12.2. The molecule has 0 atom stereocenters.